The summed E-state index contributed by atoms with van der Waals surface area (Å²) in [6, 6.07) is 6.72. The van der Waals surface area contributed by atoms with Crippen LogP contribution in [0.15, 0.2) is 24.3 Å². The third-order valence-corrected chi connectivity index (χ3v) is 4.95. The lowest BCUT2D eigenvalue weighted by atomic mass is 9.71. The monoisotopic (exact) mass is 360 g/mol. The van der Waals surface area contributed by atoms with Crippen LogP contribution >= 0.6 is 0 Å². The summed E-state index contributed by atoms with van der Waals surface area (Å²) in [6.07, 6.45) is 5.90. The van der Waals surface area contributed by atoms with Gasteiger partial charge in [-0.25, -0.2) is 0 Å². The third-order valence-electron chi connectivity index (χ3n) is 4.95. The van der Waals surface area contributed by atoms with Crippen molar-refractivity contribution < 1.29 is 14.4 Å². The topological polar surface area (TPSA) is 127 Å². The first kappa shape index (κ1) is 19.9. The molecule has 0 aliphatic heterocycles. The zero-order valence-electron chi connectivity index (χ0n) is 15.1. The Labute approximate surface area is 153 Å². The van der Waals surface area contributed by atoms with Gasteiger partial charge in [-0.3, -0.25) is 14.4 Å². The summed E-state index contributed by atoms with van der Waals surface area (Å²) in [5.41, 5.74) is 11.9. The summed E-state index contributed by atoms with van der Waals surface area (Å²) >= 11 is 0. The van der Waals surface area contributed by atoms with Gasteiger partial charge in [0.2, 0.25) is 11.8 Å². The van der Waals surface area contributed by atoms with Crippen molar-refractivity contribution in [2.75, 3.05) is 18.4 Å². The molecule has 1 aromatic carbocycles. The normalized spacial score (nSPS) is 15.9. The van der Waals surface area contributed by atoms with E-state index in [0.717, 1.165) is 25.7 Å². The van der Waals surface area contributed by atoms with Crippen LogP contribution in [0.2, 0.25) is 0 Å². The van der Waals surface area contributed by atoms with E-state index in [1.165, 1.54) is 6.42 Å². The Morgan fingerprint density at radius 1 is 1.12 bits per heavy atom. The first-order valence-corrected chi connectivity index (χ1v) is 9.11. The average molecular weight is 360 g/mol. The van der Waals surface area contributed by atoms with Gasteiger partial charge in [-0.1, -0.05) is 25.3 Å². The van der Waals surface area contributed by atoms with E-state index in [1.807, 2.05) is 0 Å². The molecule has 26 heavy (non-hydrogen) atoms. The van der Waals surface area contributed by atoms with Crippen molar-refractivity contribution in [3.05, 3.63) is 29.8 Å². The molecule has 3 amide bonds. The van der Waals surface area contributed by atoms with Crippen molar-refractivity contribution in [2.45, 2.75) is 44.9 Å². The van der Waals surface area contributed by atoms with Crippen LogP contribution in [0.3, 0.4) is 0 Å². The van der Waals surface area contributed by atoms with Gasteiger partial charge in [0.25, 0.3) is 5.91 Å². The largest absolute Gasteiger partial charge is 0.370 e. The lowest BCUT2D eigenvalue weighted by molar-refractivity contribution is -0.119. The van der Waals surface area contributed by atoms with Gasteiger partial charge in [0, 0.05) is 30.6 Å². The maximum atomic E-state index is 12.5. The van der Waals surface area contributed by atoms with E-state index in [0.29, 0.717) is 24.2 Å². The molecular weight excluding hydrogens is 332 g/mol. The molecule has 0 aromatic heterocycles. The standard InChI is InChI=1S/C19H28N4O3/c20-13-19(8-2-1-3-9-19)12-17(25)23-15-6-4-5-14(11-15)18(26)22-10-7-16(21)24/h4-6,11H,1-3,7-10,12-13,20H2,(H2,21,24)(H,22,26)(H,23,25). The van der Waals surface area contributed by atoms with Crippen LogP contribution in [0.4, 0.5) is 5.69 Å². The quantitative estimate of drug-likeness (QED) is 0.560. The summed E-state index contributed by atoms with van der Waals surface area (Å²) in [7, 11) is 0. The molecule has 1 fully saturated rings. The summed E-state index contributed by atoms with van der Waals surface area (Å²) in [5, 5.41) is 5.49. The minimum absolute atomic E-state index is 0.0800. The van der Waals surface area contributed by atoms with E-state index in [9.17, 15) is 14.4 Å². The molecule has 0 saturated heterocycles. The Morgan fingerprint density at radius 3 is 2.50 bits per heavy atom. The number of benzene rings is 1. The summed E-state index contributed by atoms with van der Waals surface area (Å²) in [5.74, 6) is -0.862. The molecule has 7 heteroatoms. The highest BCUT2D eigenvalue weighted by molar-refractivity contribution is 5.97. The predicted octanol–water partition coefficient (Wildman–Crippen LogP) is 1.53. The number of amides is 3. The van der Waals surface area contributed by atoms with Crippen LogP contribution in [0, 0.1) is 5.41 Å². The molecule has 0 unspecified atom stereocenters. The Bertz CT molecular complexity index is 654. The van der Waals surface area contributed by atoms with Gasteiger partial charge in [0.1, 0.15) is 0 Å². The number of rotatable bonds is 8. The highest BCUT2D eigenvalue weighted by Crippen LogP contribution is 2.38. The van der Waals surface area contributed by atoms with Gasteiger partial charge in [-0.2, -0.15) is 0 Å². The number of nitrogens with one attached hydrogen (secondary N) is 2. The van der Waals surface area contributed by atoms with E-state index in [2.05, 4.69) is 10.6 Å². The number of hydrogen-bond acceptors (Lipinski definition) is 4. The Morgan fingerprint density at radius 2 is 1.85 bits per heavy atom. The molecule has 0 radical (unpaired) electrons. The Kier molecular flexibility index (Phi) is 7.15. The van der Waals surface area contributed by atoms with Gasteiger partial charge in [0.15, 0.2) is 0 Å². The SMILES string of the molecule is NCC1(CC(=O)Nc2cccc(C(=O)NCCC(N)=O)c2)CCCCC1. The summed E-state index contributed by atoms with van der Waals surface area (Å²) in [4.78, 5) is 35.3. The third kappa shape index (κ3) is 5.84. The zero-order valence-corrected chi connectivity index (χ0v) is 15.1. The molecule has 0 spiro atoms. The van der Waals surface area contributed by atoms with Crippen molar-refractivity contribution in [3.63, 3.8) is 0 Å². The van der Waals surface area contributed by atoms with Gasteiger partial charge >= 0.3 is 0 Å². The number of nitrogens with two attached hydrogens (primary N) is 2. The lowest BCUT2D eigenvalue weighted by Crippen LogP contribution is -2.36. The highest BCUT2D eigenvalue weighted by atomic mass is 16.2. The van der Waals surface area contributed by atoms with Gasteiger partial charge in [-0.15, -0.1) is 0 Å². The molecule has 1 saturated carbocycles. The molecule has 1 aliphatic rings. The van der Waals surface area contributed by atoms with Crippen molar-refractivity contribution in [1.82, 2.24) is 5.32 Å². The second-order valence-electron chi connectivity index (χ2n) is 7.04. The van der Waals surface area contributed by atoms with Gasteiger partial charge < -0.3 is 22.1 Å². The van der Waals surface area contributed by atoms with E-state index in [-0.39, 0.29) is 30.2 Å². The fraction of sp³-hybridized carbons (Fsp3) is 0.526. The van der Waals surface area contributed by atoms with E-state index in [4.69, 9.17) is 11.5 Å². The zero-order chi connectivity index (χ0) is 19.0. The second kappa shape index (κ2) is 9.33. The van der Waals surface area contributed by atoms with E-state index in [1.54, 1.807) is 24.3 Å². The maximum Gasteiger partial charge on any atom is 0.251 e. The molecule has 0 bridgehead atoms. The van der Waals surface area contributed by atoms with Crippen LogP contribution in [0.25, 0.3) is 0 Å². The average Bonchev–Trinajstić information content (AvgIpc) is 2.62. The van der Waals surface area contributed by atoms with E-state index < -0.39 is 5.91 Å². The summed E-state index contributed by atoms with van der Waals surface area (Å²) in [6.45, 7) is 0.701. The number of carbonyl (C=O) groups excluding carboxylic acids is 3. The number of primary amides is 1. The fourth-order valence-electron chi connectivity index (χ4n) is 3.44. The number of hydrogen-bond donors (Lipinski definition) is 4. The van der Waals surface area contributed by atoms with Crippen molar-refractivity contribution in [3.8, 4) is 0 Å². The lowest BCUT2D eigenvalue weighted by Gasteiger charge is -2.35. The highest BCUT2D eigenvalue weighted by Gasteiger charge is 2.32. The maximum absolute atomic E-state index is 12.5. The van der Waals surface area contributed by atoms with Gasteiger partial charge in [-0.05, 0) is 43.0 Å². The molecule has 0 atom stereocenters. The van der Waals surface area contributed by atoms with Crippen molar-refractivity contribution in [2.24, 2.45) is 16.9 Å². The molecule has 142 valence electrons. The van der Waals surface area contributed by atoms with E-state index >= 15 is 0 Å². The van der Waals surface area contributed by atoms with Crippen LogP contribution in [0.5, 0.6) is 0 Å². The number of anilines is 1. The number of carbonyl (C=O) groups is 3. The molecule has 7 nitrogen and oxygen atoms in total. The van der Waals surface area contributed by atoms with Crippen LogP contribution in [-0.4, -0.2) is 30.8 Å². The Balaban J connectivity index is 1.93. The minimum Gasteiger partial charge on any atom is -0.370 e. The molecular formula is C19H28N4O3. The fourth-order valence-corrected chi connectivity index (χ4v) is 3.44. The van der Waals surface area contributed by atoms with Gasteiger partial charge in [0.05, 0.1) is 0 Å². The molecule has 1 aliphatic carbocycles. The van der Waals surface area contributed by atoms with Crippen LogP contribution in [-0.2, 0) is 9.59 Å². The first-order chi connectivity index (χ1) is 12.4. The van der Waals surface area contributed by atoms with Crippen molar-refractivity contribution >= 4 is 23.4 Å². The minimum atomic E-state index is -0.470. The predicted molar refractivity (Wildman–Crippen MR) is 100 cm³/mol. The van der Waals surface area contributed by atoms with Crippen molar-refractivity contribution in [1.29, 1.82) is 0 Å². The second-order valence-corrected chi connectivity index (χ2v) is 7.04. The molecule has 6 N–H and O–H groups in total. The smallest absolute Gasteiger partial charge is 0.251 e. The summed E-state index contributed by atoms with van der Waals surface area (Å²) < 4.78 is 0. The Hall–Kier alpha value is -2.41. The molecule has 2 rings (SSSR count). The molecule has 1 aromatic rings. The van der Waals surface area contributed by atoms with Crippen LogP contribution in [0.1, 0.15) is 55.3 Å². The van der Waals surface area contributed by atoms with Crippen LogP contribution < -0.4 is 22.1 Å². The first-order valence-electron chi connectivity index (χ1n) is 9.11. The molecule has 0 heterocycles.